The quantitative estimate of drug-likeness (QED) is 0.721. The van der Waals surface area contributed by atoms with Gasteiger partial charge < -0.3 is 15.5 Å². The SMILES string of the molecule is C1C2CN(C3COC3)CC12.CC.Nc1ncc(-c2cnc(CC3CC3)[nH]2)cc1C(F)(F)F. The lowest BCUT2D eigenvalue weighted by molar-refractivity contribution is -0.137. The number of nitrogen functional groups attached to an aromatic ring is 1. The monoisotopic (exact) mass is 451 g/mol. The van der Waals surface area contributed by atoms with Gasteiger partial charge in [0, 0.05) is 31.3 Å². The molecule has 2 saturated carbocycles. The summed E-state index contributed by atoms with van der Waals surface area (Å²) in [7, 11) is 0. The fourth-order valence-electron chi connectivity index (χ4n) is 4.22. The van der Waals surface area contributed by atoms with Crippen molar-refractivity contribution in [3.8, 4) is 11.3 Å². The number of halogens is 3. The number of nitrogens with zero attached hydrogens (tertiary/aromatic N) is 3. The van der Waals surface area contributed by atoms with Crippen molar-refractivity contribution in [1.82, 2.24) is 19.9 Å². The number of nitrogens with two attached hydrogens (primary N) is 1. The zero-order chi connectivity index (χ0) is 22.9. The number of nitrogens with one attached hydrogen (secondary N) is 1. The van der Waals surface area contributed by atoms with Crippen molar-refractivity contribution in [1.29, 1.82) is 0 Å². The molecule has 0 bridgehead atoms. The van der Waals surface area contributed by atoms with Gasteiger partial charge in [-0.15, -0.1) is 0 Å². The number of ether oxygens (including phenoxy) is 1. The molecule has 2 saturated heterocycles. The number of piperidine rings is 1. The van der Waals surface area contributed by atoms with Gasteiger partial charge in [0.05, 0.1) is 36.7 Å². The van der Waals surface area contributed by atoms with E-state index in [9.17, 15) is 13.2 Å². The van der Waals surface area contributed by atoms with E-state index in [1.807, 2.05) is 13.8 Å². The Balaban J connectivity index is 0.000000169. The number of aromatic nitrogens is 3. The Labute approximate surface area is 186 Å². The van der Waals surface area contributed by atoms with Crippen LogP contribution in [0, 0.1) is 17.8 Å². The van der Waals surface area contributed by atoms with Crippen molar-refractivity contribution in [2.75, 3.05) is 32.0 Å². The van der Waals surface area contributed by atoms with Crippen molar-refractivity contribution in [2.24, 2.45) is 17.8 Å². The first-order valence-electron chi connectivity index (χ1n) is 11.6. The predicted molar refractivity (Wildman–Crippen MR) is 117 cm³/mol. The number of fused-ring (bicyclic) bond motifs is 1. The van der Waals surface area contributed by atoms with Gasteiger partial charge in [-0.25, -0.2) is 9.97 Å². The highest BCUT2D eigenvalue weighted by Gasteiger charge is 2.47. The van der Waals surface area contributed by atoms with Crippen LogP contribution < -0.4 is 5.73 Å². The van der Waals surface area contributed by atoms with Crippen LogP contribution in [-0.4, -0.2) is 52.2 Å². The number of anilines is 1. The number of alkyl halides is 3. The van der Waals surface area contributed by atoms with Gasteiger partial charge in [0.25, 0.3) is 0 Å². The number of aromatic amines is 1. The molecule has 2 aromatic rings. The number of likely N-dealkylation sites (tertiary alicyclic amines) is 1. The number of H-pyrrole nitrogens is 1. The first kappa shape index (κ1) is 23.0. The molecule has 2 aliphatic heterocycles. The fraction of sp³-hybridized carbons (Fsp3) is 0.652. The Hall–Kier alpha value is -2.13. The molecule has 4 heterocycles. The van der Waals surface area contributed by atoms with E-state index in [1.54, 1.807) is 0 Å². The van der Waals surface area contributed by atoms with Gasteiger partial charge in [-0.1, -0.05) is 13.8 Å². The maximum Gasteiger partial charge on any atom is 0.419 e. The zero-order valence-corrected chi connectivity index (χ0v) is 18.7. The molecule has 2 aromatic heterocycles. The maximum atomic E-state index is 12.8. The molecule has 0 amide bonds. The first-order chi connectivity index (χ1) is 15.4. The number of hydrogen-bond donors (Lipinski definition) is 2. The number of rotatable bonds is 4. The molecule has 9 heteroatoms. The summed E-state index contributed by atoms with van der Waals surface area (Å²) in [4.78, 5) is 13.5. The van der Waals surface area contributed by atoms with Crippen molar-refractivity contribution in [3.63, 3.8) is 0 Å². The Morgan fingerprint density at radius 3 is 2.38 bits per heavy atom. The van der Waals surface area contributed by atoms with Crippen LogP contribution in [0.25, 0.3) is 11.3 Å². The second kappa shape index (κ2) is 9.39. The lowest BCUT2D eigenvalue weighted by Crippen LogP contribution is -2.48. The normalized spacial score (nSPS) is 24.5. The third kappa shape index (κ3) is 5.43. The Bertz CT molecular complexity index is 897. The molecular formula is C23H32F3N5O. The highest BCUT2D eigenvalue weighted by molar-refractivity contribution is 5.61. The summed E-state index contributed by atoms with van der Waals surface area (Å²) >= 11 is 0. The summed E-state index contributed by atoms with van der Waals surface area (Å²) in [6.45, 7) is 8.75. The van der Waals surface area contributed by atoms with Crippen LogP contribution in [0.5, 0.6) is 0 Å². The van der Waals surface area contributed by atoms with E-state index in [0.29, 0.717) is 17.2 Å². The van der Waals surface area contributed by atoms with Gasteiger partial charge in [-0.3, -0.25) is 4.90 Å². The summed E-state index contributed by atoms with van der Waals surface area (Å²) in [5.41, 5.74) is 5.21. The molecular weight excluding hydrogens is 419 g/mol. The van der Waals surface area contributed by atoms with Crippen LogP contribution in [0.1, 0.15) is 44.5 Å². The van der Waals surface area contributed by atoms with E-state index < -0.39 is 17.6 Å². The summed E-state index contributed by atoms with van der Waals surface area (Å²) in [5.74, 6) is 3.11. The Morgan fingerprint density at radius 2 is 1.81 bits per heavy atom. The van der Waals surface area contributed by atoms with Crippen molar-refractivity contribution in [3.05, 3.63) is 29.8 Å². The second-order valence-electron chi connectivity index (χ2n) is 8.95. The Morgan fingerprint density at radius 1 is 1.12 bits per heavy atom. The molecule has 176 valence electrons. The molecule has 0 radical (unpaired) electrons. The minimum absolute atomic E-state index is 0.334. The lowest BCUT2D eigenvalue weighted by Gasteiger charge is -2.35. The standard InChI is InChI=1S/C13H13F3N4.C8H13NO.C2H6/c14-13(15,16)9-4-8(5-19-12(9)17)10-6-18-11(20-10)3-7-1-2-7;1-6-2-9(3-7(1)6)8-4-10-5-8;1-2/h4-7H,1-3H2,(H2,17,19)(H,18,20);6-8H,1-5H2;1-2H3. The van der Waals surface area contributed by atoms with E-state index in [4.69, 9.17) is 10.5 Å². The molecule has 4 aliphatic rings. The summed E-state index contributed by atoms with van der Waals surface area (Å²) < 4.78 is 43.5. The highest BCUT2D eigenvalue weighted by Crippen LogP contribution is 2.46. The molecule has 2 aliphatic carbocycles. The first-order valence-corrected chi connectivity index (χ1v) is 11.6. The number of pyridine rings is 1. The van der Waals surface area contributed by atoms with E-state index in [-0.39, 0.29) is 0 Å². The highest BCUT2D eigenvalue weighted by atomic mass is 19.4. The molecule has 4 fully saturated rings. The summed E-state index contributed by atoms with van der Waals surface area (Å²) in [5, 5.41) is 0. The molecule has 3 N–H and O–H groups in total. The molecule has 0 spiro atoms. The largest absolute Gasteiger partial charge is 0.419 e. The van der Waals surface area contributed by atoms with Crippen molar-refractivity contribution in [2.45, 2.75) is 51.7 Å². The average Bonchev–Trinajstić information content (AvgIpc) is 3.59. The fourth-order valence-corrected chi connectivity index (χ4v) is 4.22. The third-order valence-corrected chi connectivity index (χ3v) is 6.49. The number of hydrogen-bond acceptors (Lipinski definition) is 5. The van der Waals surface area contributed by atoms with E-state index in [1.165, 1.54) is 44.7 Å². The van der Waals surface area contributed by atoms with Crippen molar-refractivity contribution < 1.29 is 17.9 Å². The smallest absolute Gasteiger partial charge is 0.383 e. The molecule has 6 rings (SSSR count). The van der Waals surface area contributed by atoms with Gasteiger partial charge in [0.15, 0.2) is 0 Å². The van der Waals surface area contributed by atoms with Gasteiger partial charge >= 0.3 is 6.18 Å². The van der Waals surface area contributed by atoms with Crippen LogP contribution in [-0.2, 0) is 17.3 Å². The van der Waals surface area contributed by atoms with Gasteiger partial charge in [-0.2, -0.15) is 13.2 Å². The summed E-state index contributed by atoms with van der Waals surface area (Å²) in [6, 6.07) is 1.80. The van der Waals surface area contributed by atoms with E-state index in [0.717, 1.165) is 49.4 Å². The molecule has 2 unspecified atom stereocenters. The topological polar surface area (TPSA) is 80.1 Å². The molecule has 2 atom stereocenters. The maximum absolute atomic E-state index is 12.8. The second-order valence-corrected chi connectivity index (χ2v) is 8.95. The number of imidazole rings is 1. The van der Waals surface area contributed by atoms with Crippen LogP contribution in [0.3, 0.4) is 0 Å². The zero-order valence-electron chi connectivity index (χ0n) is 18.7. The van der Waals surface area contributed by atoms with Crippen LogP contribution in [0.4, 0.5) is 19.0 Å². The van der Waals surface area contributed by atoms with E-state index >= 15 is 0 Å². The van der Waals surface area contributed by atoms with Crippen LogP contribution in [0.15, 0.2) is 18.5 Å². The third-order valence-electron chi connectivity index (χ3n) is 6.49. The lowest BCUT2D eigenvalue weighted by atomic mass is 10.1. The molecule has 0 aromatic carbocycles. The minimum atomic E-state index is -4.51. The minimum Gasteiger partial charge on any atom is -0.383 e. The van der Waals surface area contributed by atoms with Crippen LogP contribution >= 0.6 is 0 Å². The van der Waals surface area contributed by atoms with Crippen LogP contribution in [0.2, 0.25) is 0 Å². The van der Waals surface area contributed by atoms with Gasteiger partial charge in [-0.05, 0) is 43.1 Å². The predicted octanol–water partition coefficient (Wildman–Crippen LogP) is 4.39. The molecule has 32 heavy (non-hydrogen) atoms. The van der Waals surface area contributed by atoms with Gasteiger partial charge in [0.1, 0.15) is 11.6 Å². The Kier molecular flexibility index (Phi) is 6.76. The van der Waals surface area contributed by atoms with E-state index in [2.05, 4.69) is 19.9 Å². The average molecular weight is 452 g/mol. The van der Waals surface area contributed by atoms with Gasteiger partial charge in [0.2, 0.25) is 0 Å². The summed E-state index contributed by atoms with van der Waals surface area (Å²) in [6.07, 6.45) is 3.09. The van der Waals surface area contributed by atoms with Crippen molar-refractivity contribution >= 4 is 5.82 Å². The molecule has 6 nitrogen and oxygen atoms in total.